The Morgan fingerprint density at radius 2 is 1.73 bits per heavy atom. The van der Waals surface area contributed by atoms with Gasteiger partial charge in [0.05, 0.1) is 12.8 Å². The van der Waals surface area contributed by atoms with E-state index in [1.54, 1.807) is 34.8 Å². The maximum atomic E-state index is 13.1. The van der Waals surface area contributed by atoms with Crippen LogP contribution in [0.15, 0.2) is 53.4 Å². The quantitative estimate of drug-likeness (QED) is 0.527. The minimum absolute atomic E-state index is 0.0955. The summed E-state index contributed by atoms with van der Waals surface area (Å²) in [7, 11) is -2.39. The maximum absolute atomic E-state index is 13.1. The zero-order valence-corrected chi connectivity index (χ0v) is 17.9. The summed E-state index contributed by atoms with van der Waals surface area (Å²) in [6, 6.07) is 14.0. The van der Waals surface area contributed by atoms with Crippen LogP contribution in [0.2, 0.25) is 0 Å². The van der Waals surface area contributed by atoms with E-state index >= 15 is 0 Å². The van der Waals surface area contributed by atoms with Crippen molar-refractivity contribution < 1.29 is 13.2 Å². The van der Waals surface area contributed by atoms with Crippen LogP contribution in [-0.2, 0) is 10.0 Å². The molecule has 0 bridgehead atoms. The van der Waals surface area contributed by atoms with Crippen molar-refractivity contribution in [2.24, 2.45) is 0 Å². The minimum Gasteiger partial charge on any atom is -0.495 e. The van der Waals surface area contributed by atoms with Gasteiger partial charge in [0.2, 0.25) is 0 Å². The number of ether oxygens (including phenoxy) is 1. The molecule has 0 atom stereocenters. The minimum atomic E-state index is -3.85. The second-order valence-corrected chi connectivity index (χ2v) is 8.66. The van der Waals surface area contributed by atoms with Gasteiger partial charge in [-0.15, -0.1) is 10.2 Å². The highest BCUT2D eigenvalue weighted by Gasteiger charge is 2.21. The third-order valence-corrected chi connectivity index (χ3v) is 6.30. The molecule has 0 saturated heterocycles. The first-order chi connectivity index (χ1) is 14.3. The van der Waals surface area contributed by atoms with Crippen molar-refractivity contribution in [2.45, 2.75) is 25.7 Å². The van der Waals surface area contributed by atoms with Crippen molar-refractivity contribution in [1.29, 1.82) is 0 Å². The number of aromatic nitrogens is 4. The van der Waals surface area contributed by atoms with Gasteiger partial charge in [-0.3, -0.25) is 4.72 Å². The van der Waals surface area contributed by atoms with E-state index in [0.29, 0.717) is 28.6 Å². The molecule has 4 aromatic rings. The van der Waals surface area contributed by atoms with Crippen LogP contribution in [-0.4, -0.2) is 35.3 Å². The fourth-order valence-electron chi connectivity index (χ4n) is 3.13. The van der Waals surface area contributed by atoms with E-state index in [1.807, 2.05) is 39.0 Å². The Bertz CT molecular complexity index is 1360. The summed E-state index contributed by atoms with van der Waals surface area (Å²) in [4.78, 5) is 0.0955. The molecule has 0 radical (unpaired) electrons. The molecule has 9 heteroatoms. The van der Waals surface area contributed by atoms with Gasteiger partial charge in [-0.05, 0) is 68.3 Å². The number of nitrogens with one attached hydrogen (secondary N) is 1. The Morgan fingerprint density at radius 1 is 0.967 bits per heavy atom. The number of aryl methyl sites for hydroxylation is 3. The molecule has 2 aromatic carbocycles. The van der Waals surface area contributed by atoms with E-state index in [4.69, 9.17) is 4.74 Å². The average Bonchev–Trinajstić information content (AvgIpc) is 3.09. The van der Waals surface area contributed by atoms with Gasteiger partial charge in [-0.2, -0.15) is 9.61 Å². The van der Waals surface area contributed by atoms with Gasteiger partial charge in [0, 0.05) is 11.3 Å². The Labute approximate surface area is 174 Å². The highest BCUT2D eigenvalue weighted by Crippen LogP contribution is 2.30. The number of hydrogen-bond donors (Lipinski definition) is 1. The smallest absolute Gasteiger partial charge is 0.265 e. The van der Waals surface area contributed by atoms with E-state index in [9.17, 15) is 8.42 Å². The molecule has 2 aromatic heterocycles. The third-order valence-electron chi connectivity index (χ3n) is 4.90. The van der Waals surface area contributed by atoms with Crippen molar-refractivity contribution in [3.63, 3.8) is 0 Å². The molecule has 0 fully saturated rings. The lowest BCUT2D eigenvalue weighted by molar-refractivity contribution is 0.402. The summed E-state index contributed by atoms with van der Waals surface area (Å²) in [6.07, 6.45) is 0. The van der Waals surface area contributed by atoms with Crippen LogP contribution in [0.4, 0.5) is 5.69 Å². The molecule has 0 unspecified atom stereocenters. The van der Waals surface area contributed by atoms with Crippen LogP contribution < -0.4 is 9.46 Å². The fourth-order valence-corrected chi connectivity index (χ4v) is 4.42. The average molecular weight is 423 g/mol. The third kappa shape index (κ3) is 3.59. The molecule has 154 valence electrons. The number of fused-ring (bicyclic) bond motifs is 1. The van der Waals surface area contributed by atoms with Crippen LogP contribution in [0.5, 0.6) is 5.75 Å². The van der Waals surface area contributed by atoms with Crippen LogP contribution in [0, 0.1) is 20.8 Å². The highest BCUT2D eigenvalue weighted by atomic mass is 32.2. The first-order valence-electron chi connectivity index (χ1n) is 9.26. The van der Waals surface area contributed by atoms with Crippen LogP contribution in [0.1, 0.15) is 17.0 Å². The first kappa shape index (κ1) is 19.8. The van der Waals surface area contributed by atoms with Crippen molar-refractivity contribution >= 4 is 21.4 Å². The van der Waals surface area contributed by atoms with Crippen molar-refractivity contribution in [1.82, 2.24) is 19.8 Å². The van der Waals surface area contributed by atoms with Crippen LogP contribution in [0.25, 0.3) is 16.9 Å². The van der Waals surface area contributed by atoms with E-state index < -0.39 is 10.0 Å². The van der Waals surface area contributed by atoms with E-state index in [0.717, 1.165) is 16.7 Å². The molecule has 0 aliphatic carbocycles. The van der Waals surface area contributed by atoms with Gasteiger partial charge in [0.1, 0.15) is 10.6 Å². The van der Waals surface area contributed by atoms with Crippen LogP contribution >= 0.6 is 0 Å². The summed E-state index contributed by atoms with van der Waals surface area (Å²) < 4.78 is 35.7. The number of anilines is 1. The number of hydrogen-bond acceptors (Lipinski definition) is 6. The van der Waals surface area contributed by atoms with Gasteiger partial charge in [0.15, 0.2) is 11.5 Å². The maximum Gasteiger partial charge on any atom is 0.265 e. The highest BCUT2D eigenvalue weighted by molar-refractivity contribution is 7.92. The lowest BCUT2D eigenvalue weighted by atomic mass is 10.1. The molecular weight excluding hydrogens is 402 g/mol. The first-order valence-corrected chi connectivity index (χ1v) is 10.7. The number of sulfonamides is 1. The Morgan fingerprint density at radius 3 is 2.50 bits per heavy atom. The Kier molecular flexibility index (Phi) is 4.90. The largest absolute Gasteiger partial charge is 0.495 e. The topological polar surface area (TPSA) is 98.5 Å². The molecule has 2 heterocycles. The molecule has 0 amide bonds. The van der Waals surface area contributed by atoms with Gasteiger partial charge >= 0.3 is 0 Å². The predicted molar refractivity (Wildman–Crippen MR) is 114 cm³/mol. The SMILES string of the molecule is COc1cc(C)c(C)cc1S(=O)(=O)Nc1cccc(-c2ccc3nnc(C)n3n2)c1. The molecule has 30 heavy (non-hydrogen) atoms. The fraction of sp³-hybridized carbons (Fsp3) is 0.190. The molecule has 0 aliphatic rings. The van der Waals surface area contributed by atoms with E-state index in [1.165, 1.54) is 7.11 Å². The molecule has 0 saturated carbocycles. The second kappa shape index (κ2) is 7.42. The molecular formula is C21H21N5O3S. The van der Waals surface area contributed by atoms with Crippen LogP contribution in [0.3, 0.4) is 0 Å². The molecule has 0 aliphatic heterocycles. The lowest BCUT2D eigenvalue weighted by Crippen LogP contribution is -2.14. The second-order valence-electron chi connectivity index (χ2n) is 7.01. The number of rotatable bonds is 5. The Hall–Kier alpha value is -3.46. The van der Waals surface area contributed by atoms with E-state index in [-0.39, 0.29) is 4.90 Å². The molecule has 4 rings (SSSR count). The van der Waals surface area contributed by atoms with Crippen molar-refractivity contribution in [3.8, 4) is 17.0 Å². The number of nitrogens with zero attached hydrogens (tertiary/aromatic N) is 4. The number of benzene rings is 2. The summed E-state index contributed by atoms with van der Waals surface area (Å²) in [6.45, 7) is 5.59. The zero-order chi connectivity index (χ0) is 21.5. The van der Waals surface area contributed by atoms with Gasteiger partial charge < -0.3 is 4.74 Å². The summed E-state index contributed by atoms with van der Waals surface area (Å²) in [5, 5.41) is 12.6. The van der Waals surface area contributed by atoms with Crippen molar-refractivity contribution in [3.05, 3.63) is 65.5 Å². The monoisotopic (exact) mass is 423 g/mol. The standard InChI is InChI=1S/C21H21N5O3S/c1-13-10-19(29-4)20(11-14(13)2)30(27,28)25-17-7-5-6-16(12-17)18-8-9-21-23-22-15(3)26(21)24-18/h5-12,25H,1-4H3. The summed E-state index contributed by atoms with van der Waals surface area (Å²) >= 11 is 0. The van der Waals surface area contributed by atoms with Crippen molar-refractivity contribution in [2.75, 3.05) is 11.8 Å². The molecule has 0 spiro atoms. The number of methoxy groups -OCH3 is 1. The van der Waals surface area contributed by atoms with Gasteiger partial charge in [0.25, 0.3) is 10.0 Å². The molecule has 8 nitrogen and oxygen atoms in total. The predicted octanol–water partition coefficient (Wildman–Crippen LogP) is 3.53. The van der Waals surface area contributed by atoms with Gasteiger partial charge in [-0.25, -0.2) is 8.42 Å². The van der Waals surface area contributed by atoms with Gasteiger partial charge in [-0.1, -0.05) is 12.1 Å². The molecule has 1 N–H and O–H groups in total. The van der Waals surface area contributed by atoms with E-state index in [2.05, 4.69) is 20.0 Å². The zero-order valence-electron chi connectivity index (χ0n) is 17.0. The summed E-state index contributed by atoms with van der Waals surface area (Å²) in [5.74, 6) is 0.975. The summed E-state index contributed by atoms with van der Waals surface area (Å²) in [5.41, 5.74) is 4.34. The lowest BCUT2D eigenvalue weighted by Gasteiger charge is -2.14. The normalized spacial score (nSPS) is 11.6. The Balaban J connectivity index is 1.70.